The lowest BCUT2D eigenvalue weighted by atomic mass is 10.1. The molecule has 1 aromatic carbocycles. The predicted octanol–water partition coefficient (Wildman–Crippen LogP) is 4.27. The molecule has 1 unspecified atom stereocenters. The molecular weight excluding hydrogens is 253 g/mol. The molecule has 2 rings (SSSR count). The quantitative estimate of drug-likeness (QED) is 0.897. The van der Waals surface area contributed by atoms with Gasteiger partial charge >= 0.3 is 6.18 Å². The highest BCUT2D eigenvalue weighted by atomic mass is 19.4. The van der Waals surface area contributed by atoms with Gasteiger partial charge in [-0.25, -0.2) is 0 Å². The van der Waals surface area contributed by atoms with Crippen molar-refractivity contribution in [1.29, 1.82) is 0 Å². The molecule has 1 heterocycles. The maximum Gasteiger partial charge on any atom is 0.416 e. The van der Waals surface area contributed by atoms with Crippen molar-refractivity contribution in [3.63, 3.8) is 0 Å². The minimum absolute atomic E-state index is 0.000244. The molecule has 0 aliphatic carbocycles. The second kappa shape index (κ2) is 5.30. The van der Waals surface area contributed by atoms with Gasteiger partial charge in [0.25, 0.3) is 0 Å². The Kier molecular flexibility index (Phi) is 3.74. The van der Waals surface area contributed by atoms with Gasteiger partial charge in [-0.2, -0.15) is 13.2 Å². The first kappa shape index (κ1) is 13.4. The topological polar surface area (TPSA) is 24.9 Å². The molecule has 0 spiro atoms. The third-order valence-electron chi connectivity index (χ3n) is 2.80. The van der Waals surface area contributed by atoms with Crippen LogP contribution in [0.15, 0.2) is 48.8 Å². The molecule has 1 aromatic heterocycles. The summed E-state index contributed by atoms with van der Waals surface area (Å²) in [6, 6.07) is 8.73. The van der Waals surface area contributed by atoms with Gasteiger partial charge < -0.3 is 5.32 Å². The number of alkyl halides is 3. The SMILES string of the molecule is CC(Nc1ccc(C(F)(F)F)cc1)c1ccncc1. The van der Waals surface area contributed by atoms with E-state index in [2.05, 4.69) is 10.3 Å². The van der Waals surface area contributed by atoms with Gasteiger partial charge in [0.15, 0.2) is 0 Å². The van der Waals surface area contributed by atoms with Crippen LogP contribution in [0.4, 0.5) is 18.9 Å². The summed E-state index contributed by atoms with van der Waals surface area (Å²) in [4.78, 5) is 3.92. The molecule has 0 aliphatic heterocycles. The predicted molar refractivity (Wildman–Crippen MR) is 67.7 cm³/mol. The van der Waals surface area contributed by atoms with Crippen LogP contribution in [0, 0.1) is 0 Å². The Hall–Kier alpha value is -2.04. The molecular formula is C14H13F3N2. The van der Waals surface area contributed by atoms with Gasteiger partial charge in [0.05, 0.1) is 5.56 Å². The maximum absolute atomic E-state index is 12.4. The minimum atomic E-state index is -4.30. The smallest absolute Gasteiger partial charge is 0.379 e. The molecule has 5 heteroatoms. The Morgan fingerprint density at radius 3 is 2.11 bits per heavy atom. The fourth-order valence-corrected chi connectivity index (χ4v) is 1.74. The van der Waals surface area contributed by atoms with Crippen LogP contribution in [0.5, 0.6) is 0 Å². The van der Waals surface area contributed by atoms with Gasteiger partial charge in [0.1, 0.15) is 0 Å². The number of nitrogens with zero attached hydrogens (tertiary/aromatic N) is 1. The van der Waals surface area contributed by atoms with Gasteiger partial charge in [-0.1, -0.05) is 0 Å². The van der Waals surface area contributed by atoms with Crippen LogP contribution in [0.1, 0.15) is 24.1 Å². The fraction of sp³-hybridized carbons (Fsp3) is 0.214. The van der Waals surface area contributed by atoms with Gasteiger partial charge in [0, 0.05) is 24.1 Å². The summed E-state index contributed by atoms with van der Waals surface area (Å²) in [7, 11) is 0. The zero-order chi connectivity index (χ0) is 13.9. The lowest BCUT2D eigenvalue weighted by Crippen LogP contribution is -2.08. The van der Waals surface area contributed by atoms with Crippen molar-refractivity contribution >= 4 is 5.69 Å². The van der Waals surface area contributed by atoms with E-state index in [-0.39, 0.29) is 6.04 Å². The highest BCUT2D eigenvalue weighted by Gasteiger charge is 2.29. The Bertz CT molecular complexity index is 521. The molecule has 0 amide bonds. The highest BCUT2D eigenvalue weighted by molar-refractivity contribution is 5.47. The first-order valence-corrected chi connectivity index (χ1v) is 5.80. The van der Waals surface area contributed by atoms with E-state index in [1.807, 2.05) is 19.1 Å². The lowest BCUT2D eigenvalue weighted by Gasteiger charge is -2.16. The molecule has 1 N–H and O–H groups in total. The highest BCUT2D eigenvalue weighted by Crippen LogP contribution is 2.30. The summed E-state index contributed by atoms with van der Waals surface area (Å²) in [5.74, 6) is 0. The lowest BCUT2D eigenvalue weighted by molar-refractivity contribution is -0.137. The van der Waals surface area contributed by atoms with Crippen LogP contribution in [0.3, 0.4) is 0 Å². The first-order chi connectivity index (χ1) is 8.97. The van der Waals surface area contributed by atoms with Crippen LogP contribution >= 0.6 is 0 Å². The van der Waals surface area contributed by atoms with Crippen LogP contribution < -0.4 is 5.32 Å². The zero-order valence-corrected chi connectivity index (χ0v) is 10.3. The Labute approximate surface area is 109 Å². The second-order valence-corrected chi connectivity index (χ2v) is 4.22. The summed E-state index contributed by atoms with van der Waals surface area (Å²) < 4.78 is 37.3. The summed E-state index contributed by atoms with van der Waals surface area (Å²) in [6.07, 6.45) is -0.935. The summed E-state index contributed by atoms with van der Waals surface area (Å²) in [5.41, 5.74) is 1.03. The molecule has 2 nitrogen and oxygen atoms in total. The van der Waals surface area contributed by atoms with Crippen LogP contribution in [0.2, 0.25) is 0 Å². The molecule has 0 radical (unpaired) electrons. The largest absolute Gasteiger partial charge is 0.416 e. The Balaban J connectivity index is 2.08. The monoisotopic (exact) mass is 266 g/mol. The molecule has 2 aromatic rings. The van der Waals surface area contributed by atoms with Crippen LogP contribution in [-0.2, 0) is 6.18 Å². The van der Waals surface area contributed by atoms with Crippen molar-refractivity contribution in [1.82, 2.24) is 4.98 Å². The molecule has 0 aliphatic rings. The standard InChI is InChI=1S/C14H13F3N2/c1-10(11-6-8-18-9-7-11)19-13-4-2-12(3-5-13)14(15,16)17/h2-10,19H,1H3. The average molecular weight is 266 g/mol. The number of halogens is 3. The first-order valence-electron chi connectivity index (χ1n) is 5.80. The van der Waals surface area contributed by atoms with Gasteiger partial charge in [-0.15, -0.1) is 0 Å². The number of rotatable bonds is 3. The summed E-state index contributed by atoms with van der Waals surface area (Å²) >= 11 is 0. The van der Waals surface area contributed by atoms with E-state index in [9.17, 15) is 13.2 Å². The van der Waals surface area contributed by atoms with Crippen molar-refractivity contribution < 1.29 is 13.2 Å². The van der Waals surface area contributed by atoms with E-state index in [1.165, 1.54) is 12.1 Å². The average Bonchev–Trinajstić information content (AvgIpc) is 2.39. The summed E-state index contributed by atoms with van der Waals surface area (Å²) in [6.45, 7) is 1.94. The third-order valence-corrected chi connectivity index (χ3v) is 2.80. The van der Waals surface area contributed by atoms with Crippen LogP contribution in [0.25, 0.3) is 0 Å². The number of anilines is 1. The van der Waals surface area contributed by atoms with E-state index < -0.39 is 11.7 Å². The van der Waals surface area contributed by atoms with Crippen LogP contribution in [-0.4, -0.2) is 4.98 Å². The molecule has 0 saturated heterocycles. The van der Waals surface area contributed by atoms with Crippen molar-refractivity contribution in [2.75, 3.05) is 5.32 Å². The maximum atomic E-state index is 12.4. The minimum Gasteiger partial charge on any atom is -0.379 e. The van der Waals surface area contributed by atoms with Gasteiger partial charge in [0.2, 0.25) is 0 Å². The fourth-order valence-electron chi connectivity index (χ4n) is 1.74. The molecule has 1 atom stereocenters. The number of hydrogen-bond donors (Lipinski definition) is 1. The number of benzene rings is 1. The third kappa shape index (κ3) is 3.47. The van der Waals surface area contributed by atoms with E-state index >= 15 is 0 Å². The van der Waals surface area contributed by atoms with E-state index in [0.29, 0.717) is 5.69 Å². The van der Waals surface area contributed by atoms with Gasteiger partial charge in [-0.3, -0.25) is 4.98 Å². The molecule has 100 valence electrons. The molecule has 0 fully saturated rings. The van der Waals surface area contributed by atoms with E-state index in [0.717, 1.165) is 17.7 Å². The number of hydrogen-bond acceptors (Lipinski definition) is 2. The van der Waals surface area contributed by atoms with E-state index in [4.69, 9.17) is 0 Å². The number of nitrogens with one attached hydrogen (secondary N) is 1. The van der Waals surface area contributed by atoms with Crippen molar-refractivity contribution in [3.8, 4) is 0 Å². The Morgan fingerprint density at radius 2 is 1.58 bits per heavy atom. The second-order valence-electron chi connectivity index (χ2n) is 4.22. The number of pyridine rings is 1. The summed E-state index contributed by atoms with van der Waals surface area (Å²) in [5, 5.41) is 3.14. The van der Waals surface area contributed by atoms with Gasteiger partial charge in [-0.05, 0) is 48.9 Å². The van der Waals surface area contributed by atoms with Crippen molar-refractivity contribution in [3.05, 3.63) is 59.9 Å². The zero-order valence-electron chi connectivity index (χ0n) is 10.3. The van der Waals surface area contributed by atoms with Crippen molar-refractivity contribution in [2.24, 2.45) is 0 Å². The number of aromatic nitrogens is 1. The normalized spacial score (nSPS) is 13.1. The van der Waals surface area contributed by atoms with Crippen molar-refractivity contribution in [2.45, 2.75) is 19.1 Å². The Morgan fingerprint density at radius 1 is 1.00 bits per heavy atom. The molecule has 19 heavy (non-hydrogen) atoms. The molecule has 0 bridgehead atoms. The van der Waals surface area contributed by atoms with E-state index in [1.54, 1.807) is 12.4 Å². The molecule has 0 saturated carbocycles.